The molecule has 1 aromatic rings. The number of hydrogen-bond donors (Lipinski definition) is 2. The Kier molecular flexibility index (Phi) is 6.96. The molecule has 1 aromatic carbocycles. The Morgan fingerprint density at radius 2 is 1.77 bits per heavy atom. The van der Waals surface area contributed by atoms with Gasteiger partial charge in [-0.15, -0.1) is 0 Å². The zero-order valence-corrected chi connectivity index (χ0v) is 17.7. The number of amides is 1. The summed E-state index contributed by atoms with van der Waals surface area (Å²) in [4.78, 5) is 12.5. The van der Waals surface area contributed by atoms with Gasteiger partial charge in [0.05, 0.1) is 10.0 Å². The van der Waals surface area contributed by atoms with Gasteiger partial charge in [0, 0.05) is 23.7 Å². The Labute approximate surface area is 165 Å². The molecule has 26 heavy (non-hydrogen) atoms. The van der Waals surface area contributed by atoms with E-state index in [0.29, 0.717) is 0 Å². The standard InChI is InChI=1S/C17H25Cl2N3O3S/c1-10(2)21-26(24,25)15-9-13(8-14(18)16(15)19)17(23)20-22-11(3)6-5-7-12(22)4/h8-12,21H,5-7H2,1-4H3,(H,20,23). The number of rotatable bonds is 5. The molecule has 146 valence electrons. The van der Waals surface area contributed by atoms with Crippen LogP contribution in [0.3, 0.4) is 0 Å². The molecule has 1 amide bonds. The maximum absolute atomic E-state index is 12.7. The first-order valence-electron chi connectivity index (χ1n) is 8.63. The molecule has 2 rings (SSSR count). The number of sulfonamides is 1. The van der Waals surface area contributed by atoms with E-state index in [1.54, 1.807) is 13.8 Å². The lowest BCUT2D eigenvalue weighted by atomic mass is 10.00. The number of nitrogens with zero attached hydrogens (tertiary/aromatic N) is 1. The third-order valence-electron chi connectivity index (χ3n) is 4.36. The molecule has 1 saturated heterocycles. The van der Waals surface area contributed by atoms with Gasteiger partial charge in [0.25, 0.3) is 5.91 Å². The van der Waals surface area contributed by atoms with Gasteiger partial charge < -0.3 is 0 Å². The summed E-state index contributed by atoms with van der Waals surface area (Å²) in [5, 5.41) is 1.83. The molecular weight excluding hydrogens is 397 g/mol. The van der Waals surface area contributed by atoms with Crippen LogP contribution >= 0.6 is 23.2 Å². The largest absolute Gasteiger partial charge is 0.284 e. The van der Waals surface area contributed by atoms with E-state index in [0.717, 1.165) is 19.3 Å². The van der Waals surface area contributed by atoms with Gasteiger partial charge in [-0.2, -0.15) is 0 Å². The average molecular weight is 422 g/mol. The van der Waals surface area contributed by atoms with E-state index in [4.69, 9.17) is 23.2 Å². The third kappa shape index (κ3) is 4.89. The predicted molar refractivity (Wildman–Crippen MR) is 104 cm³/mol. The highest BCUT2D eigenvalue weighted by atomic mass is 35.5. The fourth-order valence-corrected chi connectivity index (χ4v) is 5.15. The Morgan fingerprint density at radius 3 is 2.31 bits per heavy atom. The van der Waals surface area contributed by atoms with Crippen LogP contribution in [0, 0.1) is 0 Å². The summed E-state index contributed by atoms with van der Waals surface area (Å²) < 4.78 is 27.4. The van der Waals surface area contributed by atoms with Crippen molar-refractivity contribution in [3.05, 3.63) is 27.7 Å². The molecule has 0 spiro atoms. The van der Waals surface area contributed by atoms with Gasteiger partial charge in [0.1, 0.15) is 4.90 Å². The minimum atomic E-state index is -3.88. The molecule has 0 bridgehead atoms. The molecule has 1 fully saturated rings. The van der Waals surface area contributed by atoms with E-state index >= 15 is 0 Å². The van der Waals surface area contributed by atoms with E-state index in [-0.39, 0.29) is 38.6 Å². The highest BCUT2D eigenvalue weighted by molar-refractivity contribution is 7.89. The lowest BCUT2D eigenvalue weighted by molar-refractivity contribution is 0.0369. The molecule has 2 unspecified atom stereocenters. The van der Waals surface area contributed by atoms with Crippen molar-refractivity contribution in [2.24, 2.45) is 0 Å². The molecule has 0 aliphatic carbocycles. The van der Waals surface area contributed by atoms with Crippen molar-refractivity contribution in [3.8, 4) is 0 Å². The molecule has 2 N–H and O–H groups in total. The van der Waals surface area contributed by atoms with Gasteiger partial charge in [-0.25, -0.2) is 18.1 Å². The Morgan fingerprint density at radius 1 is 1.19 bits per heavy atom. The van der Waals surface area contributed by atoms with Crippen LogP contribution in [-0.4, -0.2) is 37.5 Å². The van der Waals surface area contributed by atoms with Gasteiger partial charge in [0.15, 0.2) is 0 Å². The Hall–Kier alpha value is -0.860. The van der Waals surface area contributed by atoms with Crippen molar-refractivity contribution in [2.45, 2.75) is 70.0 Å². The maximum atomic E-state index is 12.7. The lowest BCUT2D eigenvalue weighted by Gasteiger charge is -2.38. The lowest BCUT2D eigenvalue weighted by Crippen LogP contribution is -2.54. The summed E-state index contributed by atoms with van der Waals surface area (Å²) in [6.45, 7) is 7.49. The summed E-state index contributed by atoms with van der Waals surface area (Å²) in [5.41, 5.74) is 3.03. The number of halogens is 2. The van der Waals surface area contributed by atoms with Crippen molar-refractivity contribution in [2.75, 3.05) is 0 Å². The predicted octanol–water partition coefficient (Wildman–Crippen LogP) is 3.59. The van der Waals surface area contributed by atoms with E-state index in [1.807, 2.05) is 18.9 Å². The van der Waals surface area contributed by atoms with Gasteiger partial charge in [-0.3, -0.25) is 10.2 Å². The number of hydrogen-bond acceptors (Lipinski definition) is 4. The van der Waals surface area contributed by atoms with Crippen molar-refractivity contribution < 1.29 is 13.2 Å². The first kappa shape index (κ1) is 21.4. The first-order chi connectivity index (χ1) is 12.0. The van der Waals surface area contributed by atoms with Crippen molar-refractivity contribution in [1.29, 1.82) is 0 Å². The molecule has 0 radical (unpaired) electrons. The van der Waals surface area contributed by atoms with E-state index < -0.39 is 15.9 Å². The van der Waals surface area contributed by atoms with Crippen molar-refractivity contribution >= 4 is 39.1 Å². The van der Waals surface area contributed by atoms with Crippen LogP contribution in [0.4, 0.5) is 0 Å². The average Bonchev–Trinajstić information content (AvgIpc) is 2.51. The molecule has 1 heterocycles. The normalized spacial score (nSPS) is 21.8. The molecule has 2 atom stereocenters. The summed E-state index contributed by atoms with van der Waals surface area (Å²) in [7, 11) is -3.88. The highest BCUT2D eigenvalue weighted by Gasteiger charge is 2.28. The first-order valence-corrected chi connectivity index (χ1v) is 10.9. The van der Waals surface area contributed by atoms with Crippen LogP contribution in [0.2, 0.25) is 10.0 Å². The maximum Gasteiger partial charge on any atom is 0.265 e. The quantitative estimate of drug-likeness (QED) is 0.760. The molecular formula is C17H25Cl2N3O3S. The minimum absolute atomic E-state index is 0.0168. The Balaban J connectivity index is 2.34. The van der Waals surface area contributed by atoms with Gasteiger partial charge >= 0.3 is 0 Å². The molecule has 1 aliphatic rings. The van der Waals surface area contributed by atoms with Gasteiger partial charge in [0.2, 0.25) is 10.0 Å². The van der Waals surface area contributed by atoms with Crippen LogP contribution in [0.15, 0.2) is 17.0 Å². The van der Waals surface area contributed by atoms with Gasteiger partial charge in [-0.1, -0.05) is 29.6 Å². The summed E-state index contributed by atoms with van der Waals surface area (Å²) >= 11 is 12.2. The fourth-order valence-electron chi connectivity index (χ4n) is 3.09. The zero-order valence-electron chi connectivity index (χ0n) is 15.3. The molecule has 0 aromatic heterocycles. The topological polar surface area (TPSA) is 78.5 Å². The van der Waals surface area contributed by atoms with E-state index in [2.05, 4.69) is 10.1 Å². The van der Waals surface area contributed by atoms with Crippen LogP contribution in [0.5, 0.6) is 0 Å². The third-order valence-corrected chi connectivity index (χ3v) is 6.96. The highest BCUT2D eigenvalue weighted by Crippen LogP contribution is 2.31. The number of hydrazine groups is 1. The van der Waals surface area contributed by atoms with E-state index in [9.17, 15) is 13.2 Å². The van der Waals surface area contributed by atoms with Crippen LogP contribution in [0.1, 0.15) is 57.3 Å². The van der Waals surface area contributed by atoms with E-state index in [1.165, 1.54) is 12.1 Å². The number of benzene rings is 1. The second kappa shape index (κ2) is 8.44. The van der Waals surface area contributed by atoms with Gasteiger partial charge in [-0.05, 0) is 52.7 Å². The number of carbonyl (C=O) groups is 1. The summed E-state index contributed by atoms with van der Waals surface area (Å²) in [6, 6.07) is 2.73. The zero-order chi connectivity index (χ0) is 19.6. The second-order valence-corrected chi connectivity index (χ2v) is 9.49. The fraction of sp³-hybridized carbons (Fsp3) is 0.588. The monoisotopic (exact) mass is 421 g/mol. The van der Waals surface area contributed by atoms with Crippen molar-refractivity contribution in [3.63, 3.8) is 0 Å². The Bertz CT molecular complexity index is 774. The van der Waals surface area contributed by atoms with Crippen molar-refractivity contribution in [1.82, 2.24) is 15.2 Å². The summed E-state index contributed by atoms with van der Waals surface area (Å²) in [6.07, 6.45) is 3.10. The number of carbonyl (C=O) groups excluding carboxylic acids is 1. The second-order valence-electron chi connectivity index (χ2n) is 7.02. The van der Waals surface area contributed by atoms with Crippen LogP contribution < -0.4 is 10.1 Å². The smallest absolute Gasteiger partial charge is 0.265 e. The SMILES string of the molecule is CC(C)NS(=O)(=O)c1cc(C(=O)NN2C(C)CCCC2C)cc(Cl)c1Cl. The van der Waals surface area contributed by atoms with Crippen LogP contribution in [-0.2, 0) is 10.0 Å². The molecule has 6 nitrogen and oxygen atoms in total. The number of piperidine rings is 1. The molecule has 9 heteroatoms. The molecule has 1 aliphatic heterocycles. The minimum Gasteiger partial charge on any atom is -0.284 e. The number of nitrogens with one attached hydrogen (secondary N) is 2. The van der Waals surface area contributed by atoms with Crippen LogP contribution in [0.25, 0.3) is 0 Å². The molecule has 0 saturated carbocycles. The summed E-state index contributed by atoms with van der Waals surface area (Å²) in [5.74, 6) is -0.412.